The summed E-state index contributed by atoms with van der Waals surface area (Å²) in [6, 6.07) is 25.5. The lowest BCUT2D eigenvalue weighted by molar-refractivity contribution is -0.137. The van der Waals surface area contributed by atoms with Crippen LogP contribution in [0.4, 0.5) is 27.5 Å². The summed E-state index contributed by atoms with van der Waals surface area (Å²) in [6.45, 7) is 14.0. The molecule has 5 aliphatic heterocycles. The number of anilines is 2. The van der Waals surface area contributed by atoms with E-state index in [1.54, 1.807) is 70.5 Å². The number of ether oxygens (including phenoxy) is 12. The molecule has 31 heteroatoms. The van der Waals surface area contributed by atoms with E-state index in [1.807, 2.05) is 71.6 Å². The molecule has 4 atom stereocenters. The molecule has 0 aromatic heterocycles. The molecule has 1 fully saturated rings. The van der Waals surface area contributed by atoms with Crippen LogP contribution in [0, 0.1) is 5.92 Å². The molecule has 618 valence electrons. The zero-order valence-corrected chi connectivity index (χ0v) is 66.5. The highest BCUT2D eigenvalue weighted by atomic mass is 16.6. The van der Waals surface area contributed by atoms with Crippen LogP contribution in [0.15, 0.2) is 113 Å². The highest BCUT2D eigenvalue weighted by molar-refractivity contribution is 6.13. The third kappa shape index (κ3) is 25.2. The third-order valence-corrected chi connectivity index (χ3v) is 20.0. The predicted molar refractivity (Wildman–Crippen MR) is 426 cm³/mol. The van der Waals surface area contributed by atoms with Gasteiger partial charge in [-0.3, -0.25) is 58.1 Å². The van der Waals surface area contributed by atoms with Crippen molar-refractivity contribution in [1.29, 1.82) is 0 Å². The van der Waals surface area contributed by atoms with Gasteiger partial charge in [-0.25, -0.2) is 4.79 Å². The van der Waals surface area contributed by atoms with Crippen molar-refractivity contribution in [3.63, 3.8) is 0 Å². The molecule has 1 unspecified atom stereocenters. The summed E-state index contributed by atoms with van der Waals surface area (Å²) < 4.78 is 68.3. The van der Waals surface area contributed by atoms with E-state index in [0.717, 1.165) is 34.4 Å². The Labute approximate surface area is 669 Å². The van der Waals surface area contributed by atoms with Crippen molar-refractivity contribution in [3.8, 4) is 17.2 Å². The summed E-state index contributed by atoms with van der Waals surface area (Å²) in [5.74, 6) is -1.81. The number of aryl methyl sites for hydroxylation is 2. The Balaban J connectivity index is 0.598. The van der Waals surface area contributed by atoms with Crippen LogP contribution >= 0.6 is 0 Å². The van der Waals surface area contributed by atoms with E-state index < -0.39 is 53.3 Å². The van der Waals surface area contributed by atoms with E-state index in [9.17, 15) is 43.2 Å². The molecule has 5 aliphatic rings. The van der Waals surface area contributed by atoms with Crippen LogP contribution in [-0.4, -0.2) is 251 Å². The maximum Gasteiger partial charge on any atom is 0.414 e. The molecule has 4 N–H and O–H groups in total. The first-order chi connectivity index (χ1) is 55.7. The zero-order valence-electron chi connectivity index (χ0n) is 66.5. The predicted octanol–water partition coefficient (Wildman–Crippen LogP) is 7.37. The lowest BCUT2D eigenvalue weighted by atomic mass is 9.94. The smallest absolute Gasteiger partial charge is 0.414 e. The summed E-state index contributed by atoms with van der Waals surface area (Å²) in [6.07, 6.45) is 8.77. The lowest BCUT2D eigenvalue weighted by Crippen LogP contribution is -2.53. The third-order valence-electron chi connectivity index (χ3n) is 20.0. The Morgan fingerprint density at radius 2 is 1.18 bits per heavy atom. The maximum absolute atomic E-state index is 14.2. The minimum Gasteiger partial charge on any atom is -0.496 e. The van der Waals surface area contributed by atoms with Crippen LogP contribution < -0.4 is 40.4 Å². The lowest BCUT2D eigenvalue weighted by Gasteiger charge is -2.34. The van der Waals surface area contributed by atoms with Gasteiger partial charge in [-0.05, 0) is 128 Å². The normalized spacial score (nSPS) is 16.4. The Kier molecular flexibility index (Phi) is 33.1. The number of benzene rings is 5. The molecular weight excluding hydrogens is 1480 g/mol. The molecule has 0 saturated carbocycles. The van der Waals surface area contributed by atoms with Crippen molar-refractivity contribution in [2.45, 2.75) is 116 Å². The number of fused-ring (bicyclic) bond motifs is 5. The van der Waals surface area contributed by atoms with E-state index in [1.165, 1.54) is 36.6 Å². The minimum atomic E-state index is -0.983. The second-order valence-electron chi connectivity index (χ2n) is 28.7. The first-order valence-electron chi connectivity index (χ1n) is 39.0. The van der Waals surface area contributed by atoms with Gasteiger partial charge in [0.15, 0.2) is 11.5 Å². The van der Waals surface area contributed by atoms with E-state index in [-0.39, 0.29) is 82.1 Å². The molecule has 5 heterocycles. The maximum atomic E-state index is 14.2. The standard InChI is InChI=1S/C84H106N10O21/c1-56(2)78(90-75(96)22-27-106-29-31-108-33-35-110-37-39-112-41-42-113-40-38-111-36-34-109-32-30-107-28-24-85-74(95)21-26-92-76(97)19-20-77(92)98)80(100)88-57(3)79(99)89-64-17-14-58(15-18-64)53-115-83(103)91(5)65-44-59(13-16-62-47-69-68(48-71(62)104-6)82(102)94-25-10-23-84(94,4)55-87-69)43-60(45-65)54-114-73-50-70-67(49-72(73)105-7)81(101)93-52-63-12-9-8-11-61(63)46-66(93)51-86-70/h8-9,11-12,14-15,17-20,43-45,47-51,55-57,66,78H,10,13,16,21-42,46,52-54H2,1-7H3,(H,85,95)(H,88,100)(H,89,99)(H,90,96)/t57-,66?,78-,84-/m0/s1. The number of carbonyl (C=O) groups excluding carboxylic acids is 9. The van der Waals surface area contributed by atoms with Gasteiger partial charge in [0.1, 0.15) is 31.0 Å². The summed E-state index contributed by atoms with van der Waals surface area (Å²) >= 11 is 0. The monoisotopic (exact) mass is 1590 g/mol. The average Bonchev–Trinajstić information content (AvgIpc) is 1.57. The van der Waals surface area contributed by atoms with Gasteiger partial charge in [-0.1, -0.05) is 56.3 Å². The first-order valence-corrected chi connectivity index (χ1v) is 39.0. The van der Waals surface area contributed by atoms with Gasteiger partial charge in [0.2, 0.25) is 23.6 Å². The zero-order chi connectivity index (χ0) is 81.6. The van der Waals surface area contributed by atoms with Crippen molar-refractivity contribution in [1.82, 2.24) is 30.7 Å². The molecule has 115 heavy (non-hydrogen) atoms. The molecule has 1 saturated heterocycles. The minimum absolute atomic E-state index is 0.00505. The number of amides is 9. The van der Waals surface area contributed by atoms with E-state index >= 15 is 0 Å². The summed E-state index contributed by atoms with van der Waals surface area (Å²) in [5, 5.41) is 11.0. The highest BCUT2D eigenvalue weighted by Gasteiger charge is 2.42. The molecule has 9 amide bonds. The average molecular weight is 1590 g/mol. The Hall–Kier alpha value is -10.5. The Morgan fingerprint density at radius 3 is 1.82 bits per heavy atom. The number of methoxy groups -OCH3 is 2. The molecule has 5 aromatic carbocycles. The number of imide groups is 1. The Morgan fingerprint density at radius 1 is 0.591 bits per heavy atom. The van der Waals surface area contributed by atoms with Crippen molar-refractivity contribution in [2.24, 2.45) is 15.9 Å². The number of rotatable bonds is 47. The fraction of sp³-hybridized carbons (Fsp3) is 0.488. The van der Waals surface area contributed by atoms with Crippen molar-refractivity contribution >= 4 is 88.5 Å². The van der Waals surface area contributed by atoms with Gasteiger partial charge in [0.05, 0.1) is 154 Å². The van der Waals surface area contributed by atoms with Crippen LogP contribution in [0.5, 0.6) is 17.2 Å². The molecule has 0 radical (unpaired) electrons. The number of hydrogen-bond donors (Lipinski definition) is 4. The van der Waals surface area contributed by atoms with Crippen LogP contribution in [0.3, 0.4) is 0 Å². The summed E-state index contributed by atoms with van der Waals surface area (Å²) in [7, 11) is 4.72. The molecule has 0 spiro atoms. The van der Waals surface area contributed by atoms with Gasteiger partial charge in [-0.15, -0.1) is 0 Å². The van der Waals surface area contributed by atoms with Crippen molar-refractivity contribution in [2.75, 3.05) is 157 Å². The van der Waals surface area contributed by atoms with Crippen LogP contribution in [0.25, 0.3) is 0 Å². The van der Waals surface area contributed by atoms with Gasteiger partial charge in [0.25, 0.3) is 23.6 Å². The van der Waals surface area contributed by atoms with Gasteiger partial charge < -0.3 is 87.9 Å². The molecule has 10 rings (SSSR count). The van der Waals surface area contributed by atoms with Gasteiger partial charge in [0, 0.05) is 88.1 Å². The molecule has 0 bridgehead atoms. The van der Waals surface area contributed by atoms with Gasteiger partial charge >= 0.3 is 6.09 Å². The molecule has 0 aliphatic carbocycles. The van der Waals surface area contributed by atoms with Crippen LogP contribution in [0.2, 0.25) is 0 Å². The second-order valence-corrected chi connectivity index (χ2v) is 28.7. The molecule has 31 nitrogen and oxygen atoms in total. The topological polar surface area (TPSA) is 350 Å². The van der Waals surface area contributed by atoms with E-state index in [4.69, 9.17) is 66.8 Å². The quantitative estimate of drug-likeness (QED) is 0.0218. The summed E-state index contributed by atoms with van der Waals surface area (Å²) in [5.41, 5.74) is 7.70. The van der Waals surface area contributed by atoms with Gasteiger partial charge in [-0.2, -0.15) is 0 Å². The molecular formula is C84H106N10O21. The van der Waals surface area contributed by atoms with E-state index in [2.05, 4.69) is 27.3 Å². The summed E-state index contributed by atoms with van der Waals surface area (Å²) in [4.78, 5) is 133. The van der Waals surface area contributed by atoms with E-state index in [0.29, 0.717) is 187 Å². The second kappa shape index (κ2) is 43.8. The number of nitrogens with one attached hydrogen (secondary N) is 4. The number of hydrogen-bond acceptors (Lipinski definition) is 23. The van der Waals surface area contributed by atoms with Crippen LogP contribution in [0.1, 0.15) is 107 Å². The fourth-order valence-corrected chi connectivity index (χ4v) is 13.5. The Bertz CT molecular complexity index is 4270. The number of aliphatic imine (C=N–C) groups is 2. The van der Waals surface area contributed by atoms with Crippen molar-refractivity contribution in [3.05, 3.63) is 148 Å². The first kappa shape index (κ1) is 86.9. The largest absolute Gasteiger partial charge is 0.496 e. The SMILES string of the molecule is COc1cc2c(cc1CCc1cc(COc3cc4c(cc3OC)C(=O)N3Cc5ccccc5CC3C=N4)cc(N(C)C(=O)OCc3ccc(NC(=O)[C@H](C)NC(=O)[C@@H](NC(=O)CCOCCOCCOCCOCCOCCOCCOCCOCCNC(=O)CCN4C(=O)C=CC4=O)C(C)C)cc3)c1)N=C[C@]1(C)CCCN1C2=O. The van der Waals surface area contributed by atoms with Crippen LogP contribution in [-0.2, 0) is 110 Å². The number of carbonyl (C=O) groups is 9. The fourth-order valence-electron chi connectivity index (χ4n) is 13.5. The highest BCUT2D eigenvalue weighted by Crippen LogP contribution is 2.41. The number of nitrogens with zero attached hydrogens (tertiary/aromatic N) is 6. The van der Waals surface area contributed by atoms with Crippen molar-refractivity contribution < 1.29 is 100.0 Å². The molecule has 5 aromatic rings.